The Morgan fingerprint density at radius 3 is 2.52 bits per heavy atom. The summed E-state index contributed by atoms with van der Waals surface area (Å²) in [5.41, 5.74) is -0.184. The number of methoxy groups -OCH3 is 1. The van der Waals surface area contributed by atoms with Gasteiger partial charge in [0.25, 0.3) is 5.56 Å². The maximum Gasteiger partial charge on any atom is 0.416 e. The first-order valence-electron chi connectivity index (χ1n) is 9.29. The number of aromatic amines is 1. The second-order valence-corrected chi connectivity index (χ2v) is 6.65. The minimum atomic E-state index is -4.45. The van der Waals surface area contributed by atoms with E-state index in [1.807, 2.05) is 0 Å². The Labute approximate surface area is 175 Å². The average Bonchev–Trinajstić information content (AvgIpc) is 2.76. The summed E-state index contributed by atoms with van der Waals surface area (Å²) in [5.74, 6) is 0.523. The Bertz CT molecular complexity index is 1110. The number of halogens is 3. The molecular formula is C21H19F3N4O3. The van der Waals surface area contributed by atoms with Crippen LogP contribution in [0.2, 0.25) is 0 Å². The Morgan fingerprint density at radius 1 is 1.13 bits per heavy atom. The topological polar surface area (TPSA) is 97.0 Å². The predicted molar refractivity (Wildman–Crippen MR) is 106 cm³/mol. The van der Waals surface area contributed by atoms with E-state index in [0.29, 0.717) is 16.9 Å². The quantitative estimate of drug-likeness (QED) is 0.598. The molecule has 0 spiro atoms. The molecule has 0 fully saturated rings. The normalized spacial score (nSPS) is 11.2. The van der Waals surface area contributed by atoms with Gasteiger partial charge >= 0.3 is 6.18 Å². The zero-order valence-electron chi connectivity index (χ0n) is 16.5. The van der Waals surface area contributed by atoms with E-state index in [1.165, 1.54) is 12.1 Å². The molecule has 1 amide bonds. The second-order valence-electron chi connectivity index (χ2n) is 6.65. The van der Waals surface area contributed by atoms with Crippen molar-refractivity contribution in [2.45, 2.75) is 25.6 Å². The monoisotopic (exact) mass is 432 g/mol. The highest BCUT2D eigenvalue weighted by Crippen LogP contribution is 2.29. The predicted octanol–water partition coefficient (Wildman–Crippen LogP) is 3.11. The fraction of sp³-hybridized carbons (Fsp3) is 0.238. The number of benzene rings is 2. The number of rotatable bonds is 7. The van der Waals surface area contributed by atoms with Gasteiger partial charge < -0.3 is 15.0 Å². The molecule has 0 saturated carbocycles. The average molecular weight is 432 g/mol. The number of nitrogens with one attached hydrogen (secondary N) is 2. The second kappa shape index (κ2) is 9.41. The number of alkyl halides is 3. The number of carbonyl (C=O) groups excluding carboxylic acids is 1. The third kappa shape index (κ3) is 5.91. The minimum Gasteiger partial charge on any atom is -0.497 e. The van der Waals surface area contributed by atoms with Crippen LogP contribution in [0, 0.1) is 0 Å². The summed E-state index contributed by atoms with van der Waals surface area (Å²) >= 11 is 0. The van der Waals surface area contributed by atoms with Gasteiger partial charge in [-0.1, -0.05) is 12.1 Å². The molecule has 2 aromatic carbocycles. The third-order valence-electron chi connectivity index (χ3n) is 4.46. The number of aromatic nitrogens is 3. The molecule has 0 aliphatic heterocycles. The van der Waals surface area contributed by atoms with E-state index in [1.54, 1.807) is 31.4 Å². The molecule has 0 radical (unpaired) electrons. The van der Waals surface area contributed by atoms with Crippen LogP contribution in [0.4, 0.5) is 13.2 Å². The van der Waals surface area contributed by atoms with E-state index in [4.69, 9.17) is 4.74 Å². The number of aryl methyl sites for hydroxylation is 1. The third-order valence-corrected chi connectivity index (χ3v) is 4.46. The van der Waals surface area contributed by atoms with Crippen LogP contribution in [0.1, 0.15) is 23.2 Å². The van der Waals surface area contributed by atoms with Gasteiger partial charge in [-0.2, -0.15) is 13.2 Å². The molecule has 3 aromatic rings. The van der Waals surface area contributed by atoms with Gasteiger partial charge in [-0.25, -0.2) is 0 Å². The lowest BCUT2D eigenvalue weighted by molar-refractivity contribution is -0.137. The maximum absolute atomic E-state index is 12.7. The van der Waals surface area contributed by atoms with Crippen LogP contribution in [-0.2, 0) is 23.9 Å². The molecule has 0 unspecified atom stereocenters. The van der Waals surface area contributed by atoms with Crippen LogP contribution < -0.4 is 15.6 Å². The van der Waals surface area contributed by atoms with E-state index in [0.717, 1.165) is 12.1 Å². The summed E-state index contributed by atoms with van der Waals surface area (Å²) in [6.45, 7) is -0.0544. The smallest absolute Gasteiger partial charge is 0.416 e. The first kappa shape index (κ1) is 22.0. The van der Waals surface area contributed by atoms with E-state index in [9.17, 15) is 22.8 Å². The fourth-order valence-corrected chi connectivity index (χ4v) is 2.78. The molecule has 0 saturated heterocycles. The van der Waals surface area contributed by atoms with Gasteiger partial charge in [0.1, 0.15) is 11.4 Å². The van der Waals surface area contributed by atoms with Crippen molar-refractivity contribution in [3.8, 4) is 17.1 Å². The van der Waals surface area contributed by atoms with Gasteiger partial charge in [-0.05, 0) is 42.0 Å². The van der Waals surface area contributed by atoms with Crippen molar-refractivity contribution in [1.29, 1.82) is 0 Å². The maximum atomic E-state index is 12.7. The molecule has 31 heavy (non-hydrogen) atoms. The highest BCUT2D eigenvalue weighted by Gasteiger charge is 2.30. The van der Waals surface area contributed by atoms with Gasteiger partial charge in [-0.3, -0.25) is 9.59 Å². The lowest BCUT2D eigenvalue weighted by atomic mass is 10.1. The summed E-state index contributed by atoms with van der Waals surface area (Å²) in [6, 6.07) is 11.6. The van der Waals surface area contributed by atoms with E-state index < -0.39 is 23.2 Å². The summed E-state index contributed by atoms with van der Waals surface area (Å²) < 4.78 is 43.3. The number of hydrogen-bond donors (Lipinski definition) is 2. The van der Waals surface area contributed by atoms with Crippen molar-refractivity contribution in [1.82, 2.24) is 20.5 Å². The molecule has 0 bridgehead atoms. The number of ether oxygens (including phenoxy) is 1. The standard InChI is InChI=1S/C21H19F3N4O3/c1-31-16-7-5-14(6-8-16)19-26-20(30)17(27-28-19)9-10-18(29)25-12-13-3-2-4-15(11-13)21(22,23)24/h2-8,11H,9-10,12H2,1H3,(H,25,29)(H,26,28,30). The van der Waals surface area contributed by atoms with Gasteiger partial charge in [-0.15, -0.1) is 10.2 Å². The number of amides is 1. The van der Waals surface area contributed by atoms with E-state index in [2.05, 4.69) is 20.5 Å². The number of H-pyrrole nitrogens is 1. The van der Waals surface area contributed by atoms with Crippen LogP contribution in [0.15, 0.2) is 53.3 Å². The van der Waals surface area contributed by atoms with Crippen LogP contribution in [-0.4, -0.2) is 28.2 Å². The number of carbonyl (C=O) groups is 1. The minimum absolute atomic E-state index is 0.0413. The number of nitrogens with zero attached hydrogens (tertiary/aromatic N) is 2. The molecule has 10 heteroatoms. The van der Waals surface area contributed by atoms with Crippen molar-refractivity contribution in [2.75, 3.05) is 7.11 Å². The molecule has 3 rings (SSSR count). The lowest BCUT2D eigenvalue weighted by Gasteiger charge is -2.09. The molecule has 0 atom stereocenters. The van der Waals surface area contributed by atoms with Crippen molar-refractivity contribution in [2.24, 2.45) is 0 Å². The van der Waals surface area contributed by atoms with Crippen LogP contribution in [0.5, 0.6) is 5.75 Å². The van der Waals surface area contributed by atoms with Crippen LogP contribution in [0.3, 0.4) is 0 Å². The Balaban J connectivity index is 1.56. The van der Waals surface area contributed by atoms with Gasteiger partial charge in [0.05, 0.1) is 12.7 Å². The first-order chi connectivity index (χ1) is 14.8. The Kier molecular flexibility index (Phi) is 6.68. The Hall–Kier alpha value is -3.69. The molecule has 1 heterocycles. The Morgan fingerprint density at radius 2 is 1.87 bits per heavy atom. The van der Waals surface area contributed by atoms with Crippen molar-refractivity contribution in [3.63, 3.8) is 0 Å². The summed E-state index contributed by atoms with van der Waals surface area (Å²) in [5, 5.41) is 10.4. The van der Waals surface area contributed by atoms with Gasteiger partial charge in [0.15, 0.2) is 5.82 Å². The van der Waals surface area contributed by atoms with E-state index >= 15 is 0 Å². The molecule has 0 aliphatic rings. The molecule has 7 nitrogen and oxygen atoms in total. The largest absolute Gasteiger partial charge is 0.497 e. The molecule has 0 aliphatic carbocycles. The molecular weight excluding hydrogens is 413 g/mol. The summed E-state index contributed by atoms with van der Waals surface area (Å²) in [6.07, 6.45) is -4.46. The first-order valence-corrected chi connectivity index (χ1v) is 9.29. The van der Waals surface area contributed by atoms with Gasteiger partial charge in [0, 0.05) is 24.9 Å². The summed E-state index contributed by atoms with van der Waals surface area (Å²) in [4.78, 5) is 26.9. The van der Waals surface area contributed by atoms with Crippen LogP contribution in [0.25, 0.3) is 11.4 Å². The zero-order valence-corrected chi connectivity index (χ0v) is 16.5. The zero-order chi connectivity index (χ0) is 22.4. The summed E-state index contributed by atoms with van der Waals surface area (Å²) in [7, 11) is 1.54. The molecule has 1 aromatic heterocycles. The SMILES string of the molecule is COc1ccc(-c2nnc(CCC(=O)NCc3cccc(C(F)(F)F)c3)c(=O)[nH]2)cc1. The van der Waals surface area contributed by atoms with Gasteiger partial charge in [0.2, 0.25) is 5.91 Å². The lowest BCUT2D eigenvalue weighted by Crippen LogP contribution is -2.25. The number of hydrogen-bond acceptors (Lipinski definition) is 5. The van der Waals surface area contributed by atoms with Crippen molar-refractivity contribution < 1.29 is 22.7 Å². The van der Waals surface area contributed by atoms with Crippen molar-refractivity contribution in [3.05, 3.63) is 75.7 Å². The highest BCUT2D eigenvalue weighted by molar-refractivity contribution is 5.76. The molecule has 2 N–H and O–H groups in total. The highest BCUT2D eigenvalue weighted by atomic mass is 19.4. The van der Waals surface area contributed by atoms with E-state index in [-0.39, 0.29) is 30.9 Å². The van der Waals surface area contributed by atoms with Crippen LogP contribution >= 0.6 is 0 Å². The van der Waals surface area contributed by atoms with Crippen molar-refractivity contribution >= 4 is 5.91 Å². The molecule has 162 valence electrons. The fourth-order valence-electron chi connectivity index (χ4n) is 2.78.